The van der Waals surface area contributed by atoms with Crippen molar-refractivity contribution in [1.29, 1.82) is 0 Å². The number of anilines is 1. The minimum absolute atomic E-state index is 0.390. The SMILES string of the molecule is Cc1cc(N)ccc1-c1nnc(C2CCN(C)CC2)o1. The van der Waals surface area contributed by atoms with Crippen molar-refractivity contribution in [1.82, 2.24) is 15.1 Å². The molecule has 1 aromatic heterocycles. The summed E-state index contributed by atoms with van der Waals surface area (Å²) in [7, 11) is 2.15. The second-order valence-corrected chi connectivity index (χ2v) is 5.60. The lowest BCUT2D eigenvalue weighted by atomic mass is 9.97. The monoisotopic (exact) mass is 272 g/mol. The molecule has 0 aliphatic carbocycles. The van der Waals surface area contributed by atoms with Crippen LogP contribution >= 0.6 is 0 Å². The van der Waals surface area contributed by atoms with Crippen LogP contribution in [0.15, 0.2) is 22.6 Å². The number of piperidine rings is 1. The molecule has 1 aliphatic rings. The number of nitrogens with zero attached hydrogens (tertiary/aromatic N) is 3. The zero-order chi connectivity index (χ0) is 14.1. The third kappa shape index (κ3) is 2.54. The third-order valence-corrected chi connectivity index (χ3v) is 3.99. The Bertz CT molecular complexity index is 600. The fraction of sp³-hybridized carbons (Fsp3) is 0.467. The second kappa shape index (κ2) is 5.25. The van der Waals surface area contributed by atoms with Gasteiger partial charge in [0.2, 0.25) is 11.8 Å². The maximum absolute atomic E-state index is 5.88. The second-order valence-electron chi connectivity index (χ2n) is 5.60. The van der Waals surface area contributed by atoms with Gasteiger partial charge in [0, 0.05) is 17.2 Å². The van der Waals surface area contributed by atoms with Crippen LogP contribution in [0.5, 0.6) is 0 Å². The summed E-state index contributed by atoms with van der Waals surface area (Å²) < 4.78 is 5.88. The van der Waals surface area contributed by atoms with Crippen LogP contribution in [0.4, 0.5) is 5.69 Å². The summed E-state index contributed by atoms with van der Waals surface area (Å²) in [5, 5.41) is 8.44. The minimum Gasteiger partial charge on any atom is -0.420 e. The van der Waals surface area contributed by atoms with E-state index < -0.39 is 0 Å². The molecule has 20 heavy (non-hydrogen) atoms. The predicted molar refractivity (Wildman–Crippen MR) is 78.4 cm³/mol. The Labute approximate surface area is 118 Å². The normalized spacial score (nSPS) is 17.5. The van der Waals surface area contributed by atoms with Crippen LogP contribution in [0.1, 0.15) is 30.2 Å². The maximum Gasteiger partial charge on any atom is 0.248 e. The van der Waals surface area contributed by atoms with Crippen LogP contribution in [-0.4, -0.2) is 35.2 Å². The van der Waals surface area contributed by atoms with Crippen LogP contribution < -0.4 is 5.73 Å². The van der Waals surface area contributed by atoms with E-state index in [4.69, 9.17) is 10.2 Å². The van der Waals surface area contributed by atoms with E-state index in [0.29, 0.717) is 11.8 Å². The summed E-state index contributed by atoms with van der Waals surface area (Å²) in [4.78, 5) is 2.33. The standard InChI is InChI=1S/C15H20N4O/c1-10-9-12(16)3-4-13(10)15-18-17-14(20-15)11-5-7-19(2)8-6-11/h3-4,9,11H,5-8,16H2,1-2H3. The zero-order valence-electron chi connectivity index (χ0n) is 12.0. The van der Waals surface area contributed by atoms with Crippen molar-refractivity contribution in [3.63, 3.8) is 0 Å². The highest BCUT2D eigenvalue weighted by Crippen LogP contribution is 2.30. The highest BCUT2D eigenvalue weighted by Gasteiger charge is 2.23. The van der Waals surface area contributed by atoms with Gasteiger partial charge < -0.3 is 15.1 Å². The van der Waals surface area contributed by atoms with Crippen LogP contribution in [0.3, 0.4) is 0 Å². The Morgan fingerprint density at radius 1 is 1.25 bits per heavy atom. The predicted octanol–water partition coefficient (Wildman–Crippen LogP) is 2.44. The van der Waals surface area contributed by atoms with Gasteiger partial charge in [-0.05, 0) is 63.7 Å². The first kappa shape index (κ1) is 13.1. The highest BCUT2D eigenvalue weighted by atomic mass is 16.4. The average molecular weight is 272 g/mol. The first-order valence-electron chi connectivity index (χ1n) is 7.02. The molecular formula is C15H20N4O. The number of hydrogen-bond acceptors (Lipinski definition) is 5. The van der Waals surface area contributed by atoms with Crippen molar-refractivity contribution < 1.29 is 4.42 Å². The Kier molecular flexibility index (Phi) is 3.44. The van der Waals surface area contributed by atoms with Crippen molar-refractivity contribution in [3.8, 4) is 11.5 Å². The van der Waals surface area contributed by atoms with E-state index in [0.717, 1.165) is 48.6 Å². The molecule has 5 heteroatoms. The van der Waals surface area contributed by atoms with Gasteiger partial charge in [-0.1, -0.05) is 0 Å². The average Bonchev–Trinajstić information content (AvgIpc) is 2.89. The maximum atomic E-state index is 5.88. The first-order chi connectivity index (χ1) is 9.63. The van der Waals surface area contributed by atoms with Gasteiger partial charge in [0.25, 0.3) is 0 Å². The van der Waals surface area contributed by atoms with Crippen molar-refractivity contribution in [2.45, 2.75) is 25.7 Å². The van der Waals surface area contributed by atoms with E-state index in [1.54, 1.807) is 0 Å². The van der Waals surface area contributed by atoms with Gasteiger partial charge in [0.1, 0.15) is 0 Å². The zero-order valence-corrected chi connectivity index (χ0v) is 12.0. The van der Waals surface area contributed by atoms with E-state index in [2.05, 4.69) is 22.1 Å². The minimum atomic E-state index is 0.390. The molecule has 0 unspecified atom stereocenters. The largest absolute Gasteiger partial charge is 0.420 e. The van der Waals surface area contributed by atoms with Crippen LogP contribution in [0.25, 0.3) is 11.5 Å². The van der Waals surface area contributed by atoms with Crippen LogP contribution in [0.2, 0.25) is 0 Å². The summed E-state index contributed by atoms with van der Waals surface area (Å²) in [5.41, 5.74) is 8.54. The summed E-state index contributed by atoms with van der Waals surface area (Å²) in [6.07, 6.45) is 2.16. The number of aromatic nitrogens is 2. The van der Waals surface area contributed by atoms with Gasteiger partial charge in [-0.15, -0.1) is 10.2 Å². The van der Waals surface area contributed by atoms with Crippen LogP contribution in [-0.2, 0) is 0 Å². The molecule has 1 saturated heterocycles. The topological polar surface area (TPSA) is 68.2 Å². The Morgan fingerprint density at radius 3 is 2.70 bits per heavy atom. The fourth-order valence-electron chi connectivity index (χ4n) is 2.69. The molecule has 2 N–H and O–H groups in total. The Balaban J connectivity index is 1.83. The smallest absolute Gasteiger partial charge is 0.248 e. The van der Waals surface area contributed by atoms with Crippen molar-refractivity contribution in [2.75, 3.05) is 25.9 Å². The van der Waals surface area contributed by atoms with E-state index in [1.807, 2.05) is 25.1 Å². The van der Waals surface area contributed by atoms with Gasteiger partial charge in [0.15, 0.2) is 0 Å². The molecule has 5 nitrogen and oxygen atoms in total. The van der Waals surface area contributed by atoms with Crippen molar-refractivity contribution >= 4 is 5.69 Å². The molecule has 0 spiro atoms. The summed E-state index contributed by atoms with van der Waals surface area (Å²) in [6.45, 7) is 4.18. The number of nitrogen functional groups attached to an aromatic ring is 1. The molecule has 0 radical (unpaired) electrons. The molecule has 2 aromatic rings. The van der Waals surface area contributed by atoms with Crippen LogP contribution in [0, 0.1) is 6.92 Å². The van der Waals surface area contributed by atoms with Crippen molar-refractivity contribution in [3.05, 3.63) is 29.7 Å². The van der Waals surface area contributed by atoms with Gasteiger partial charge >= 0.3 is 0 Å². The van der Waals surface area contributed by atoms with E-state index in [1.165, 1.54) is 0 Å². The highest BCUT2D eigenvalue weighted by molar-refractivity contribution is 5.62. The summed E-state index contributed by atoms with van der Waals surface area (Å²) in [6, 6.07) is 5.73. The van der Waals surface area contributed by atoms with Gasteiger partial charge in [0.05, 0.1) is 0 Å². The number of hydrogen-bond donors (Lipinski definition) is 1. The molecule has 1 aromatic carbocycles. The lowest BCUT2D eigenvalue weighted by Gasteiger charge is -2.26. The van der Waals surface area contributed by atoms with E-state index in [-0.39, 0.29) is 0 Å². The Morgan fingerprint density at radius 2 is 2.00 bits per heavy atom. The molecule has 0 amide bonds. The lowest BCUT2D eigenvalue weighted by Crippen LogP contribution is -2.29. The number of likely N-dealkylation sites (tertiary alicyclic amines) is 1. The molecule has 0 saturated carbocycles. The molecule has 1 fully saturated rings. The summed E-state index contributed by atoms with van der Waals surface area (Å²) >= 11 is 0. The van der Waals surface area contributed by atoms with E-state index in [9.17, 15) is 0 Å². The third-order valence-electron chi connectivity index (χ3n) is 3.99. The number of aryl methyl sites for hydroxylation is 1. The van der Waals surface area contributed by atoms with Gasteiger partial charge in [-0.25, -0.2) is 0 Å². The Hall–Kier alpha value is -1.88. The van der Waals surface area contributed by atoms with Gasteiger partial charge in [-0.2, -0.15) is 0 Å². The number of rotatable bonds is 2. The molecule has 3 rings (SSSR count). The molecule has 0 atom stereocenters. The summed E-state index contributed by atoms with van der Waals surface area (Å²) in [5.74, 6) is 1.75. The van der Waals surface area contributed by atoms with E-state index >= 15 is 0 Å². The number of benzene rings is 1. The lowest BCUT2D eigenvalue weighted by molar-refractivity contribution is 0.237. The van der Waals surface area contributed by atoms with Gasteiger partial charge in [-0.3, -0.25) is 0 Å². The molecule has 0 bridgehead atoms. The first-order valence-corrected chi connectivity index (χ1v) is 7.02. The molecule has 1 aliphatic heterocycles. The quantitative estimate of drug-likeness (QED) is 0.850. The molecular weight excluding hydrogens is 252 g/mol. The number of nitrogens with two attached hydrogens (primary N) is 1. The van der Waals surface area contributed by atoms with Crippen molar-refractivity contribution in [2.24, 2.45) is 0 Å². The fourth-order valence-corrected chi connectivity index (χ4v) is 2.69. The molecule has 2 heterocycles. The molecule has 106 valence electrons.